The molecule has 1 aliphatic carbocycles. The van der Waals surface area contributed by atoms with Gasteiger partial charge in [-0.1, -0.05) is 59.3 Å². The lowest BCUT2D eigenvalue weighted by Gasteiger charge is -2.23. The number of rotatable bonds is 4. The summed E-state index contributed by atoms with van der Waals surface area (Å²) >= 11 is 2.15. The van der Waals surface area contributed by atoms with Crippen LogP contribution in [0.4, 0.5) is 0 Å². The highest BCUT2D eigenvalue weighted by Crippen LogP contribution is 2.24. The second-order valence-corrected chi connectivity index (χ2v) is 4.88. The van der Waals surface area contributed by atoms with Crippen LogP contribution >= 0.6 is 22.6 Å². The van der Waals surface area contributed by atoms with Crippen molar-refractivity contribution in [1.29, 1.82) is 0 Å². The number of alkyl halides is 1. The van der Waals surface area contributed by atoms with Gasteiger partial charge in [-0.05, 0) is 36.2 Å². The van der Waals surface area contributed by atoms with Crippen molar-refractivity contribution in [3.63, 3.8) is 0 Å². The Morgan fingerprint density at radius 1 is 1.14 bits per heavy atom. The Balaban J connectivity index is 0.00000106. The van der Waals surface area contributed by atoms with Crippen LogP contribution in [0.15, 0.2) is 30.3 Å². The van der Waals surface area contributed by atoms with Crippen LogP contribution in [0, 0.1) is 0 Å². The van der Waals surface area contributed by atoms with Crippen molar-refractivity contribution >= 4 is 34.5 Å². The van der Waals surface area contributed by atoms with Gasteiger partial charge in [0.1, 0.15) is 6.10 Å². The largest absolute Gasteiger partial charge is 0.480 e. The van der Waals surface area contributed by atoms with Crippen LogP contribution in [-0.4, -0.2) is 28.1 Å². The highest BCUT2D eigenvalue weighted by Gasteiger charge is 2.31. The third-order valence-corrected chi connectivity index (χ3v) is 3.45. The zero-order chi connectivity index (χ0) is 15.7. The van der Waals surface area contributed by atoms with Crippen LogP contribution in [0.25, 0.3) is 0 Å². The fourth-order valence-corrected chi connectivity index (χ4v) is 2.44. The van der Waals surface area contributed by atoms with Crippen molar-refractivity contribution in [3.8, 4) is 0 Å². The second-order valence-electron chi connectivity index (χ2n) is 4.88. The van der Waals surface area contributed by atoms with E-state index in [9.17, 15) is 14.7 Å². The Morgan fingerprint density at radius 2 is 1.71 bits per heavy atom. The third-order valence-electron chi connectivity index (χ3n) is 3.45. The first-order chi connectivity index (χ1) is 10.2. The average molecular weight is 404 g/mol. The van der Waals surface area contributed by atoms with E-state index in [2.05, 4.69) is 22.6 Å². The summed E-state index contributed by atoms with van der Waals surface area (Å²) in [6, 6.07) is 8.51. The monoisotopic (exact) mass is 404 g/mol. The summed E-state index contributed by atoms with van der Waals surface area (Å²) in [7, 11) is 0. The van der Waals surface area contributed by atoms with Gasteiger partial charge in [0.15, 0.2) is 5.92 Å². The second kappa shape index (κ2) is 9.76. The first-order valence-electron chi connectivity index (χ1n) is 7.04. The van der Waals surface area contributed by atoms with E-state index in [-0.39, 0.29) is 6.10 Å². The molecule has 1 aliphatic rings. The highest BCUT2D eigenvalue weighted by atomic mass is 127. The van der Waals surface area contributed by atoms with Gasteiger partial charge in [0, 0.05) is 0 Å². The van der Waals surface area contributed by atoms with Crippen LogP contribution in [0.2, 0.25) is 0 Å². The highest BCUT2D eigenvalue weighted by molar-refractivity contribution is 14.1. The molecule has 5 heteroatoms. The molecule has 0 saturated heterocycles. The first kappa shape index (κ1) is 17.9. The number of ether oxygens (including phenoxy) is 1. The minimum atomic E-state index is -1.22. The summed E-state index contributed by atoms with van der Waals surface area (Å²) in [5.74, 6) is -3.03. The molecule has 1 fully saturated rings. The molecule has 0 aromatic heterocycles. The predicted octanol–water partition coefficient (Wildman–Crippen LogP) is 3.78. The number of halogens is 1. The van der Waals surface area contributed by atoms with Gasteiger partial charge in [0.2, 0.25) is 0 Å². The summed E-state index contributed by atoms with van der Waals surface area (Å²) in [6.07, 6.45) is 4.81. The van der Waals surface area contributed by atoms with E-state index in [0.29, 0.717) is 5.56 Å². The van der Waals surface area contributed by atoms with Crippen LogP contribution in [0.1, 0.15) is 43.6 Å². The molecule has 0 aliphatic heterocycles. The number of esters is 1. The molecule has 1 saturated carbocycles. The number of hydrogen-bond donors (Lipinski definition) is 1. The zero-order valence-electron chi connectivity index (χ0n) is 12.1. The van der Waals surface area contributed by atoms with E-state index >= 15 is 0 Å². The van der Waals surface area contributed by atoms with Gasteiger partial charge in [0.25, 0.3) is 0 Å². The minimum absolute atomic E-state index is 0.119. The number of carboxylic acid groups (broad SMARTS) is 1. The van der Waals surface area contributed by atoms with Crippen LogP contribution < -0.4 is 0 Å². The number of carboxylic acids is 1. The molecular weight excluding hydrogens is 383 g/mol. The number of carbonyl (C=O) groups excluding carboxylic acids is 1. The van der Waals surface area contributed by atoms with Crippen molar-refractivity contribution in [1.82, 2.24) is 0 Å². The summed E-state index contributed by atoms with van der Waals surface area (Å²) < 4.78 is 5.35. The Hall–Kier alpha value is -1.11. The molecular formula is C16H21IO4. The van der Waals surface area contributed by atoms with E-state index in [4.69, 9.17) is 4.74 Å². The molecule has 0 spiro atoms. The maximum absolute atomic E-state index is 12.1. The Morgan fingerprint density at radius 3 is 2.24 bits per heavy atom. The van der Waals surface area contributed by atoms with Crippen molar-refractivity contribution in [2.24, 2.45) is 0 Å². The Kier molecular flexibility index (Phi) is 8.34. The topological polar surface area (TPSA) is 63.6 Å². The van der Waals surface area contributed by atoms with Crippen molar-refractivity contribution in [2.75, 3.05) is 4.93 Å². The molecule has 1 atom stereocenters. The average Bonchev–Trinajstić information content (AvgIpc) is 2.51. The van der Waals surface area contributed by atoms with E-state index < -0.39 is 17.9 Å². The lowest BCUT2D eigenvalue weighted by Crippen LogP contribution is -2.29. The maximum Gasteiger partial charge on any atom is 0.325 e. The zero-order valence-corrected chi connectivity index (χ0v) is 14.3. The quantitative estimate of drug-likeness (QED) is 0.359. The van der Waals surface area contributed by atoms with E-state index in [1.54, 1.807) is 30.3 Å². The van der Waals surface area contributed by atoms with E-state index in [0.717, 1.165) is 32.1 Å². The van der Waals surface area contributed by atoms with Gasteiger partial charge in [-0.25, -0.2) is 0 Å². The van der Waals surface area contributed by atoms with Gasteiger partial charge in [0.05, 0.1) is 0 Å². The van der Waals surface area contributed by atoms with E-state index in [1.807, 2.05) is 4.93 Å². The fraction of sp³-hybridized carbons (Fsp3) is 0.500. The maximum atomic E-state index is 12.1. The normalized spacial score (nSPS) is 16.3. The lowest BCUT2D eigenvalue weighted by atomic mass is 9.96. The Labute approximate surface area is 139 Å². The molecule has 0 amide bonds. The molecule has 1 unspecified atom stereocenters. The van der Waals surface area contributed by atoms with Crippen molar-refractivity contribution < 1.29 is 19.4 Å². The number of aliphatic carboxylic acids is 1. The molecule has 0 radical (unpaired) electrons. The standard InChI is InChI=1S/C15H18O4.CH3I/c16-14(17)13(11-7-3-1-4-8-11)15(18)19-12-9-5-2-6-10-12;1-2/h1,3-4,7-8,12-13H,2,5-6,9-10H2,(H,16,17);1H3. The molecule has 2 rings (SSSR count). The third kappa shape index (κ3) is 5.65. The van der Waals surface area contributed by atoms with Crippen LogP contribution in [0.5, 0.6) is 0 Å². The summed E-state index contributed by atoms with van der Waals surface area (Å²) in [4.78, 5) is 25.3. The molecule has 21 heavy (non-hydrogen) atoms. The van der Waals surface area contributed by atoms with E-state index in [1.165, 1.54) is 0 Å². The fourth-order valence-electron chi connectivity index (χ4n) is 2.44. The summed E-state index contributed by atoms with van der Waals surface area (Å²) in [6.45, 7) is 0. The summed E-state index contributed by atoms with van der Waals surface area (Å²) in [5, 5.41) is 9.23. The van der Waals surface area contributed by atoms with Crippen LogP contribution in [0.3, 0.4) is 0 Å². The predicted molar refractivity (Wildman–Crippen MR) is 89.7 cm³/mol. The SMILES string of the molecule is CI.O=C(O)C(C(=O)OC1CCCCC1)c1ccccc1. The molecule has 1 N–H and O–H groups in total. The van der Waals surface area contributed by atoms with Crippen molar-refractivity contribution in [3.05, 3.63) is 35.9 Å². The molecule has 1 aromatic carbocycles. The molecule has 0 bridgehead atoms. The minimum Gasteiger partial charge on any atom is -0.480 e. The lowest BCUT2D eigenvalue weighted by molar-refractivity contribution is -0.159. The van der Waals surface area contributed by atoms with Gasteiger partial charge in [-0.15, -0.1) is 0 Å². The molecule has 0 heterocycles. The molecule has 1 aromatic rings. The van der Waals surface area contributed by atoms with Crippen LogP contribution in [-0.2, 0) is 14.3 Å². The van der Waals surface area contributed by atoms with Gasteiger partial charge in [-0.2, -0.15) is 0 Å². The number of benzene rings is 1. The number of hydrogen-bond acceptors (Lipinski definition) is 3. The molecule has 116 valence electrons. The summed E-state index contributed by atoms with van der Waals surface area (Å²) in [5.41, 5.74) is 0.468. The van der Waals surface area contributed by atoms with Crippen molar-refractivity contribution in [2.45, 2.75) is 44.1 Å². The Bertz CT molecular complexity index is 441. The molecule has 4 nitrogen and oxygen atoms in total. The van der Waals surface area contributed by atoms with Gasteiger partial charge >= 0.3 is 11.9 Å². The van der Waals surface area contributed by atoms with Gasteiger partial charge in [-0.3, -0.25) is 9.59 Å². The first-order valence-corrected chi connectivity index (χ1v) is 9.20. The smallest absolute Gasteiger partial charge is 0.325 e. The number of carbonyl (C=O) groups is 2. The van der Waals surface area contributed by atoms with Gasteiger partial charge < -0.3 is 9.84 Å².